The maximum atomic E-state index is 12.4. The van der Waals surface area contributed by atoms with Gasteiger partial charge >= 0.3 is 10.1 Å². The average Bonchev–Trinajstić information content (AvgIpc) is 2.79. The molecule has 0 saturated carbocycles. The molecule has 3 rings (SSSR count). The number of nitrogens with zero attached hydrogens (tertiary/aromatic N) is 2. The molecular formula is C22H15N3O6S. The summed E-state index contributed by atoms with van der Waals surface area (Å²) < 4.78 is 29.6. The number of hydrogen-bond acceptors (Lipinski definition) is 7. The van der Waals surface area contributed by atoms with Crippen LogP contribution in [0.5, 0.6) is 5.75 Å². The first-order chi connectivity index (χ1) is 15.3. The van der Waals surface area contributed by atoms with Gasteiger partial charge in [0.25, 0.3) is 11.6 Å². The second-order valence-corrected chi connectivity index (χ2v) is 7.90. The summed E-state index contributed by atoms with van der Waals surface area (Å²) in [7, 11) is -3.99. The molecule has 0 saturated heterocycles. The van der Waals surface area contributed by atoms with Crippen LogP contribution in [0.2, 0.25) is 0 Å². The summed E-state index contributed by atoms with van der Waals surface area (Å²) in [6, 6.07) is 20.5. The zero-order chi connectivity index (χ0) is 23.1. The smallest absolute Gasteiger partial charge is 0.339 e. The van der Waals surface area contributed by atoms with Crippen LogP contribution in [-0.2, 0) is 14.9 Å². The Labute approximate surface area is 183 Å². The van der Waals surface area contributed by atoms with E-state index in [1.165, 1.54) is 66.7 Å². The Hall–Kier alpha value is -4.49. The fourth-order valence-corrected chi connectivity index (χ4v) is 3.54. The highest BCUT2D eigenvalue weighted by molar-refractivity contribution is 7.87. The van der Waals surface area contributed by atoms with Gasteiger partial charge in [0.15, 0.2) is 0 Å². The van der Waals surface area contributed by atoms with Gasteiger partial charge in [-0.3, -0.25) is 14.9 Å². The van der Waals surface area contributed by atoms with Crippen molar-refractivity contribution in [2.75, 3.05) is 5.32 Å². The summed E-state index contributed by atoms with van der Waals surface area (Å²) >= 11 is 0. The lowest BCUT2D eigenvalue weighted by Gasteiger charge is -2.07. The molecular weight excluding hydrogens is 434 g/mol. The Kier molecular flexibility index (Phi) is 6.62. The zero-order valence-electron chi connectivity index (χ0n) is 16.3. The molecule has 0 bridgehead atoms. The number of carbonyl (C=O) groups is 1. The molecule has 0 heterocycles. The largest absolute Gasteiger partial charge is 0.379 e. The van der Waals surface area contributed by atoms with Gasteiger partial charge in [-0.2, -0.15) is 13.7 Å². The van der Waals surface area contributed by atoms with E-state index in [1.807, 2.05) is 0 Å². The van der Waals surface area contributed by atoms with Gasteiger partial charge in [0, 0.05) is 17.8 Å². The predicted octanol–water partition coefficient (Wildman–Crippen LogP) is 3.91. The zero-order valence-corrected chi connectivity index (χ0v) is 17.2. The third-order valence-electron chi connectivity index (χ3n) is 4.11. The number of nitro groups is 1. The van der Waals surface area contributed by atoms with Crippen LogP contribution >= 0.6 is 0 Å². The topological polar surface area (TPSA) is 139 Å². The van der Waals surface area contributed by atoms with Gasteiger partial charge in [0.2, 0.25) is 0 Å². The van der Waals surface area contributed by atoms with Crippen molar-refractivity contribution in [2.45, 2.75) is 4.90 Å². The second-order valence-electron chi connectivity index (χ2n) is 6.35. The SMILES string of the molecule is N#C/C(=C\c1ccc(OS(=O)(=O)c2ccccc2)cc1)C(=O)Nc1cccc([N+](=O)[O-])c1. The number of benzene rings is 3. The van der Waals surface area contributed by atoms with Crippen molar-refractivity contribution in [3.63, 3.8) is 0 Å². The Morgan fingerprint density at radius 2 is 1.72 bits per heavy atom. The quantitative estimate of drug-likeness (QED) is 0.190. The molecule has 0 aromatic heterocycles. The van der Waals surface area contributed by atoms with Crippen molar-refractivity contribution in [1.82, 2.24) is 0 Å². The van der Waals surface area contributed by atoms with Gasteiger partial charge in [0.05, 0.1) is 4.92 Å². The summed E-state index contributed by atoms with van der Waals surface area (Å²) in [6.45, 7) is 0. The van der Waals surface area contributed by atoms with E-state index in [-0.39, 0.29) is 27.6 Å². The lowest BCUT2D eigenvalue weighted by atomic mass is 10.1. The number of carbonyl (C=O) groups excluding carboxylic acids is 1. The maximum Gasteiger partial charge on any atom is 0.339 e. The van der Waals surface area contributed by atoms with Crippen molar-refractivity contribution >= 4 is 33.5 Å². The second kappa shape index (κ2) is 9.55. The van der Waals surface area contributed by atoms with Crippen molar-refractivity contribution in [3.8, 4) is 11.8 Å². The van der Waals surface area contributed by atoms with Crippen LogP contribution in [0.15, 0.2) is 89.3 Å². The molecule has 0 atom stereocenters. The lowest BCUT2D eigenvalue weighted by molar-refractivity contribution is -0.384. The van der Waals surface area contributed by atoms with Crippen molar-refractivity contribution in [1.29, 1.82) is 5.26 Å². The van der Waals surface area contributed by atoms with Gasteiger partial charge in [0.1, 0.15) is 22.3 Å². The molecule has 0 unspecified atom stereocenters. The minimum atomic E-state index is -3.99. The monoisotopic (exact) mass is 449 g/mol. The van der Waals surface area contributed by atoms with Crippen molar-refractivity contribution < 1.29 is 22.3 Å². The Morgan fingerprint density at radius 3 is 2.34 bits per heavy atom. The predicted molar refractivity (Wildman–Crippen MR) is 116 cm³/mol. The fourth-order valence-electron chi connectivity index (χ4n) is 2.59. The molecule has 0 spiro atoms. The number of hydrogen-bond donors (Lipinski definition) is 1. The standard InChI is InChI=1S/C22H15N3O6S/c23-15-17(22(26)24-18-5-4-6-19(14-18)25(27)28)13-16-9-11-20(12-10-16)31-32(29,30)21-7-2-1-3-8-21/h1-14H,(H,24,26)/b17-13+. The molecule has 0 aliphatic rings. The third-order valence-corrected chi connectivity index (χ3v) is 5.37. The number of anilines is 1. The van der Waals surface area contributed by atoms with Gasteiger partial charge in [-0.1, -0.05) is 36.4 Å². The van der Waals surface area contributed by atoms with Gasteiger partial charge in [-0.05, 0) is 42.0 Å². The first-order valence-corrected chi connectivity index (χ1v) is 10.5. The molecule has 0 aliphatic carbocycles. The summed E-state index contributed by atoms with van der Waals surface area (Å²) in [6.07, 6.45) is 1.29. The van der Waals surface area contributed by atoms with Gasteiger partial charge in [-0.25, -0.2) is 0 Å². The summed E-state index contributed by atoms with van der Waals surface area (Å²) in [5, 5.41) is 22.6. The molecule has 0 radical (unpaired) electrons. The Balaban J connectivity index is 1.74. The van der Waals surface area contributed by atoms with Crippen LogP contribution < -0.4 is 9.50 Å². The Bertz CT molecular complexity index is 1330. The van der Waals surface area contributed by atoms with E-state index in [4.69, 9.17) is 4.18 Å². The van der Waals surface area contributed by atoms with Gasteiger partial charge < -0.3 is 9.50 Å². The third kappa shape index (κ3) is 5.56. The number of non-ortho nitro benzene ring substituents is 1. The van der Waals surface area contributed by atoms with E-state index in [0.29, 0.717) is 5.56 Å². The van der Waals surface area contributed by atoms with Gasteiger partial charge in [-0.15, -0.1) is 0 Å². The lowest BCUT2D eigenvalue weighted by Crippen LogP contribution is -2.13. The molecule has 3 aromatic carbocycles. The van der Waals surface area contributed by atoms with E-state index in [1.54, 1.807) is 24.3 Å². The van der Waals surface area contributed by atoms with E-state index >= 15 is 0 Å². The molecule has 3 aromatic rings. The Morgan fingerprint density at radius 1 is 1.03 bits per heavy atom. The number of nitrogens with one attached hydrogen (secondary N) is 1. The van der Waals surface area contributed by atoms with E-state index < -0.39 is 20.9 Å². The normalized spacial score (nSPS) is 11.3. The van der Waals surface area contributed by atoms with Crippen LogP contribution in [0.25, 0.3) is 6.08 Å². The number of nitro benzene ring substituents is 1. The molecule has 32 heavy (non-hydrogen) atoms. The average molecular weight is 449 g/mol. The summed E-state index contributed by atoms with van der Waals surface area (Å²) in [5.74, 6) is -0.689. The minimum absolute atomic E-state index is 0.00792. The van der Waals surface area contributed by atoms with Crippen molar-refractivity contribution in [3.05, 3.63) is 100 Å². The van der Waals surface area contributed by atoms with Crippen LogP contribution in [-0.4, -0.2) is 19.2 Å². The number of nitriles is 1. The highest BCUT2D eigenvalue weighted by Gasteiger charge is 2.16. The highest BCUT2D eigenvalue weighted by Crippen LogP contribution is 2.21. The first-order valence-electron chi connectivity index (χ1n) is 9.06. The van der Waals surface area contributed by atoms with E-state index in [9.17, 15) is 28.6 Å². The minimum Gasteiger partial charge on any atom is -0.379 e. The molecule has 0 fully saturated rings. The van der Waals surface area contributed by atoms with Crippen LogP contribution in [0.4, 0.5) is 11.4 Å². The number of rotatable bonds is 7. The van der Waals surface area contributed by atoms with E-state index in [2.05, 4.69) is 5.32 Å². The molecule has 1 N–H and O–H groups in total. The fraction of sp³-hybridized carbons (Fsp3) is 0. The highest BCUT2D eigenvalue weighted by atomic mass is 32.2. The maximum absolute atomic E-state index is 12.4. The molecule has 10 heteroatoms. The number of amides is 1. The molecule has 160 valence electrons. The first kappa shape index (κ1) is 22.2. The summed E-state index contributed by atoms with van der Waals surface area (Å²) in [5.41, 5.74) is 0.161. The molecule has 9 nitrogen and oxygen atoms in total. The molecule has 1 amide bonds. The van der Waals surface area contributed by atoms with Crippen LogP contribution in [0, 0.1) is 21.4 Å². The summed E-state index contributed by atoms with van der Waals surface area (Å²) in [4.78, 5) is 22.6. The van der Waals surface area contributed by atoms with Crippen LogP contribution in [0.1, 0.15) is 5.56 Å². The van der Waals surface area contributed by atoms with Crippen molar-refractivity contribution in [2.24, 2.45) is 0 Å². The van der Waals surface area contributed by atoms with E-state index in [0.717, 1.165) is 0 Å². The van der Waals surface area contributed by atoms with Crippen LogP contribution in [0.3, 0.4) is 0 Å². The molecule has 0 aliphatic heterocycles.